The number of nitrogens with zero attached hydrogens (tertiary/aromatic N) is 1. The summed E-state index contributed by atoms with van der Waals surface area (Å²) >= 11 is 0. The van der Waals surface area contributed by atoms with Gasteiger partial charge in [0.15, 0.2) is 11.5 Å². The van der Waals surface area contributed by atoms with Crippen LogP contribution in [0.4, 0.5) is 5.69 Å². The molecule has 0 heterocycles. The zero-order chi connectivity index (χ0) is 18.4. The molecule has 0 spiro atoms. The molecule has 0 atom stereocenters. The third kappa shape index (κ3) is 4.44. The molecule has 0 aromatic heterocycles. The fourth-order valence-electron chi connectivity index (χ4n) is 2.20. The maximum atomic E-state index is 12.4. The minimum atomic E-state index is -0.231. The summed E-state index contributed by atoms with van der Waals surface area (Å²) in [6, 6.07) is 10.1. The van der Waals surface area contributed by atoms with E-state index in [0.29, 0.717) is 28.5 Å². The lowest BCUT2D eigenvalue weighted by molar-refractivity contribution is -0.113. The van der Waals surface area contributed by atoms with Crippen LogP contribution in [0.1, 0.15) is 5.56 Å². The number of carbonyl (C=O) groups excluding carboxylic acids is 1. The number of methoxy groups -OCH3 is 3. The second-order valence-corrected chi connectivity index (χ2v) is 5.23. The molecule has 1 amide bonds. The van der Waals surface area contributed by atoms with E-state index in [2.05, 4.69) is 0 Å². The summed E-state index contributed by atoms with van der Waals surface area (Å²) in [4.78, 5) is 13.9. The Bertz CT molecular complexity index is 763. The molecule has 0 radical (unpaired) electrons. The molecule has 0 fully saturated rings. The van der Waals surface area contributed by atoms with Crippen molar-refractivity contribution in [2.24, 2.45) is 0 Å². The largest absolute Gasteiger partial charge is 0.504 e. The summed E-state index contributed by atoms with van der Waals surface area (Å²) in [7, 11) is 6.24. The van der Waals surface area contributed by atoms with Gasteiger partial charge in [0.2, 0.25) is 0 Å². The average Bonchev–Trinajstić information content (AvgIpc) is 2.64. The SMILES string of the molecule is COc1cc(OC)cc(N(C)C(=O)/C=C/c2ccc(OC)c(O)c2)c1. The first-order valence-electron chi connectivity index (χ1n) is 7.54. The smallest absolute Gasteiger partial charge is 0.250 e. The van der Waals surface area contributed by atoms with Gasteiger partial charge in [-0.25, -0.2) is 0 Å². The first-order valence-corrected chi connectivity index (χ1v) is 7.54. The lowest BCUT2D eigenvalue weighted by Crippen LogP contribution is -2.24. The lowest BCUT2D eigenvalue weighted by Gasteiger charge is -2.17. The molecular weight excluding hydrogens is 322 g/mol. The summed E-state index contributed by atoms with van der Waals surface area (Å²) < 4.78 is 15.4. The van der Waals surface area contributed by atoms with E-state index >= 15 is 0 Å². The number of phenols is 1. The van der Waals surface area contributed by atoms with Crippen LogP contribution in [-0.4, -0.2) is 39.4 Å². The molecular formula is C19H21NO5. The highest BCUT2D eigenvalue weighted by molar-refractivity contribution is 6.03. The number of aromatic hydroxyl groups is 1. The third-order valence-electron chi connectivity index (χ3n) is 3.68. The van der Waals surface area contributed by atoms with Crippen LogP contribution in [0.3, 0.4) is 0 Å². The van der Waals surface area contributed by atoms with Crippen LogP contribution in [0.2, 0.25) is 0 Å². The molecule has 6 heteroatoms. The van der Waals surface area contributed by atoms with Crippen LogP contribution >= 0.6 is 0 Å². The number of hydrogen-bond acceptors (Lipinski definition) is 5. The van der Waals surface area contributed by atoms with Crippen LogP contribution in [0.5, 0.6) is 23.0 Å². The van der Waals surface area contributed by atoms with Crippen LogP contribution in [0, 0.1) is 0 Å². The predicted molar refractivity (Wildman–Crippen MR) is 96.6 cm³/mol. The van der Waals surface area contributed by atoms with Crippen LogP contribution in [0.25, 0.3) is 6.08 Å². The number of benzene rings is 2. The quantitative estimate of drug-likeness (QED) is 0.816. The number of amides is 1. The number of anilines is 1. The number of ether oxygens (including phenoxy) is 3. The molecule has 1 N–H and O–H groups in total. The Morgan fingerprint density at radius 3 is 2.16 bits per heavy atom. The van der Waals surface area contributed by atoms with Crippen molar-refractivity contribution in [3.63, 3.8) is 0 Å². The maximum absolute atomic E-state index is 12.4. The highest BCUT2D eigenvalue weighted by Crippen LogP contribution is 2.29. The highest BCUT2D eigenvalue weighted by atomic mass is 16.5. The number of hydrogen-bond donors (Lipinski definition) is 1. The van der Waals surface area contributed by atoms with Crippen molar-refractivity contribution in [1.82, 2.24) is 0 Å². The van der Waals surface area contributed by atoms with Gasteiger partial charge in [-0.2, -0.15) is 0 Å². The van der Waals surface area contributed by atoms with Crippen LogP contribution < -0.4 is 19.1 Å². The van der Waals surface area contributed by atoms with Gasteiger partial charge in [-0.15, -0.1) is 0 Å². The van der Waals surface area contributed by atoms with Gasteiger partial charge in [-0.3, -0.25) is 4.79 Å². The Balaban J connectivity index is 2.18. The minimum absolute atomic E-state index is 0.0167. The van der Waals surface area contributed by atoms with Crippen molar-refractivity contribution >= 4 is 17.7 Å². The van der Waals surface area contributed by atoms with Crippen LogP contribution in [0.15, 0.2) is 42.5 Å². The predicted octanol–water partition coefficient (Wildman–Crippen LogP) is 3.09. The molecule has 132 valence electrons. The molecule has 6 nitrogen and oxygen atoms in total. The van der Waals surface area contributed by atoms with E-state index in [1.807, 2.05) is 0 Å². The monoisotopic (exact) mass is 343 g/mol. The molecule has 0 aliphatic rings. The first kappa shape index (κ1) is 18.2. The van der Waals surface area contributed by atoms with E-state index in [9.17, 15) is 9.90 Å². The second kappa shape index (κ2) is 8.10. The molecule has 2 aromatic carbocycles. The van der Waals surface area contributed by atoms with E-state index in [1.165, 1.54) is 24.2 Å². The van der Waals surface area contributed by atoms with Crippen molar-refractivity contribution in [3.8, 4) is 23.0 Å². The third-order valence-corrected chi connectivity index (χ3v) is 3.68. The molecule has 0 saturated carbocycles. The number of phenolic OH excluding ortho intramolecular Hbond substituents is 1. The first-order chi connectivity index (χ1) is 12.0. The maximum Gasteiger partial charge on any atom is 0.250 e. The lowest BCUT2D eigenvalue weighted by atomic mass is 10.2. The van der Waals surface area contributed by atoms with E-state index in [4.69, 9.17) is 14.2 Å². The van der Waals surface area contributed by atoms with E-state index in [1.54, 1.807) is 57.7 Å². The molecule has 25 heavy (non-hydrogen) atoms. The number of carbonyl (C=O) groups is 1. The fraction of sp³-hybridized carbons (Fsp3) is 0.211. The molecule has 2 rings (SSSR count). The Hall–Kier alpha value is -3.15. The van der Waals surface area contributed by atoms with Crippen molar-refractivity contribution in [2.75, 3.05) is 33.3 Å². The van der Waals surface area contributed by atoms with Gasteiger partial charge in [0, 0.05) is 31.3 Å². The van der Waals surface area contributed by atoms with Crippen molar-refractivity contribution in [2.45, 2.75) is 0 Å². The van der Waals surface area contributed by atoms with Gasteiger partial charge in [0.1, 0.15) is 11.5 Å². The molecule has 0 bridgehead atoms. The highest BCUT2D eigenvalue weighted by Gasteiger charge is 2.11. The molecule has 2 aromatic rings. The zero-order valence-corrected chi connectivity index (χ0v) is 14.6. The summed E-state index contributed by atoms with van der Waals surface area (Å²) in [6.45, 7) is 0. The molecule has 0 unspecified atom stereocenters. The molecule has 0 saturated heterocycles. The summed E-state index contributed by atoms with van der Waals surface area (Å²) in [5.41, 5.74) is 1.33. The van der Waals surface area contributed by atoms with Crippen LogP contribution in [-0.2, 0) is 4.79 Å². The van der Waals surface area contributed by atoms with Gasteiger partial charge in [0.25, 0.3) is 5.91 Å². The minimum Gasteiger partial charge on any atom is -0.504 e. The van der Waals surface area contributed by atoms with Gasteiger partial charge >= 0.3 is 0 Å². The number of likely N-dealkylation sites (N-methyl/N-ethyl adjacent to an activating group) is 1. The zero-order valence-electron chi connectivity index (χ0n) is 14.6. The van der Waals surface area contributed by atoms with E-state index in [-0.39, 0.29) is 11.7 Å². The van der Waals surface area contributed by atoms with Gasteiger partial charge in [-0.05, 0) is 23.8 Å². The van der Waals surface area contributed by atoms with E-state index < -0.39 is 0 Å². The topological polar surface area (TPSA) is 68.2 Å². The molecule has 0 aliphatic heterocycles. The van der Waals surface area contributed by atoms with Crippen molar-refractivity contribution in [3.05, 3.63) is 48.0 Å². The van der Waals surface area contributed by atoms with Gasteiger partial charge in [0.05, 0.1) is 27.0 Å². The normalized spacial score (nSPS) is 10.6. The van der Waals surface area contributed by atoms with Crippen molar-refractivity contribution < 1.29 is 24.1 Å². The Labute approximate surface area is 146 Å². The number of rotatable bonds is 6. The van der Waals surface area contributed by atoms with Gasteiger partial charge in [-0.1, -0.05) is 6.07 Å². The summed E-state index contributed by atoms with van der Waals surface area (Å²) in [5.74, 6) is 1.36. The van der Waals surface area contributed by atoms with Gasteiger partial charge < -0.3 is 24.2 Å². The summed E-state index contributed by atoms with van der Waals surface area (Å²) in [5, 5.41) is 9.78. The Kier molecular flexibility index (Phi) is 5.89. The Morgan fingerprint density at radius 1 is 1.00 bits per heavy atom. The second-order valence-electron chi connectivity index (χ2n) is 5.23. The Morgan fingerprint density at radius 2 is 1.64 bits per heavy atom. The van der Waals surface area contributed by atoms with Crippen molar-refractivity contribution in [1.29, 1.82) is 0 Å². The summed E-state index contributed by atoms with van der Waals surface area (Å²) in [6.07, 6.45) is 3.04. The molecule has 0 aliphatic carbocycles. The standard InChI is InChI=1S/C19H21NO5/c1-20(14-10-15(23-2)12-16(11-14)24-3)19(22)8-6-13-5-7-18(25-4)17(21)9-13/h5-12,21H,1-4H3/b8-6+. The fourth-order valence-corrected chi connectivity index (χ4v) is 2.20. The van der Waals surface area contributed by atoms with E-state index in [0.717, 1.165) is 0 Å². The average molecular weight is 343 g/mol.